The Labute approximate surface area is 147 Å². The number of nitrogens with zero attached hydrogens (tertiary/aromatic N) is 3. The van der Waals surface area contributed by atoms with E-state index in [0.717, 1.165) is 0 Å². The van der Waals surface area contributed by atoms with Crippen molar-refractivity contribution in [2.24, 2.45) is 0 Å². The van der Waals surface area contributed by atoms with Gasteiger partial charge in [0.1, 0.15) is 6.04 Å². The second-order valence-electron chi connectivity index (χ2n) is 6.54. The summed E-state index contributed by atoms with van der Waals surface area (Å²) in [7, 11) is 0. The molecule has 2 atom stereocenters. The lowest BCUT2D eigenvalue weighted by molar-refractivity contribution is -0.135. The lowest BCUT2D eigenvalue weighted by Gasteiger charge is -2.36. The number of amides is 1. The molecule has 0 fully saturated rings. The molecule has 1 aliphatic heterocycles. The summed E-state index contributed by atoms with van der Waals surface area (Å²) in [6.45, 7) is 3.27. The molecule has 4 rings (SSSR count). The van der Waals surface area contributed by atoms with Gasteiger partial charge < -0.3 is 4.90 Å². The Morgan fingerprint density at radius 1 is 1.08 bits per heavy atom. The highest BCUT2D eigenvalue weighted by molar-refractivity contribution is 5.80. The van der Waals surface area contributed by atoms with Gasteiger partial charge in [-0.05, 0) is 29.7 Å². The lowest BCUT2D eigenvalue weighted by Crippen LogP contribution is -2.41. The zero-order valence-corrected chi connectivity index (χ0v) is 14.2. The first kappa shape index (κ1) is 15.6. The van der Waals surface area contributed by atoms with Gasteiger partial charge >= 0.3 is 0 Å². The predicted molar refractivity (Wildman–Crippen MR) is 97.1 cm³/mol. The summed E-state index contributed by atoms with van der Waals surface area (Å²) in [5, 5.41) is 4.22. The molecule has 0 saturated heterocycles. The van der Waals surface area contributed by atoms with E-state index in [4.69, 9.17) is 0 Å². The summed E-state index contributed by atoms with van der Waals surface area (Å²) in [6, 6.07) is 20.4. The normalized spacial score (nSPS) is 17.8. The first-order valence-electron chi connectivity index (χ1n) is 8.64. The van der Waals surface area contributed by atoms with E-state index in [1.807, 2.05) is 36.2 Å². The minimum absolute atomic E-state index is 0.110. The van der Waals surface area contributed by atoms with Gasteiger partial charge in [-0.25, -0.2) is 0 Å². The van der Waals surface area contributed by atoms with Gasteiger partial charge in [0.2, 0.25) is 5.91 Å². The molecule has 0 aliphatic carbocycles. The molecule has 1 aliphatic rings. The molecular weight excluding hydrogens is 310 g/mol. The van der Waals surface area contributed by atoms with Crippen molar-refractivity contribution < 1.29 is 4.79 Å². The Balaban J connectivity index is 1.67. The first-order valence-corrected chi connectivity index (χ1v) is 8.64. The highest BCUT2D eigenvalue weighted by Gasteiger charge is 2.31. The van der Waals surface area contributed by atoms with Crippen molar-refractivity contribution in [3.05, 3.63) is 89.7 Å². The van der Waals surface area contributed by atoms with Crippen LogP contribution in [0.1, 0.15) is 35.6 Å². The predicted octanol–water partition coefficient (Wildman–Crippen LogP) is 3.62. The van der Waals surface area contributed by atoms with E-state index < -0.39 is 0 Å². The maximum absolute atomic E-state index is 13.0. The standard InChI is InChI=1S/C21H21N3O/c1-16(24-13-7-12-22-24)21(25)23-14-18-10-5-6-11-19(18)20(15-23)17-8-3-2-4-9-17/h2-13,16,20H,14-15H2,1H3/t16-,20+/m1/s1. The minimum atomic E-state index is -0.295. The van der Waals surface area contributed by atoms with E-state index in [2.05, 4.69) is 47.6 Å². The minimum Gasteiger partial charge on any atom is -0.336 e. The number of rotatable bonds is 3. The van der Waals surface area contributed by atoms with Crippen LogP contribution < -0.4 is 0 Å². The van der Waals surface area contributed by atoms with E-state index in [-0.39, 0.29) is 17.9 Å². The zero-order chi connectivity index (χ0) is 17.2. The second kappa shape index (κ2) is 6.55. The Morgan fingerprint density at radius 3 is 2.60 bits per heavy atom. The summed E-state index contributed by atoms with van der Waals surface area (Å²) in [4.78, 5) is 15.0. The summed E-state index contributed by atoms with van der Waals surface area (Å²) in [6.07, 6.45) is 3.55. The summed E-state index contributed by atoms with van der Waals surface area (Å²) < 4.78 is 1.72. The van der Waals surface area contributed by atoms with Crippen molar-refractivity contribution in [3.63, 3.8) is 0 Å². The van der Waals surface area contributed by atoms with Gasteiger partial charge in [-0.3, -0.25) is 9.48 Å². The van der Waals surface area contributed by atoms with E-state index in [1.165, 1.54) is 16.7 Å². The number of carbonyl (C=O) groups is 1. The Kier molecular flexibility index (Phi) is 4.10. The van der Waals surface area contributed by atoms with Gasteiger partial charge in [-0.1, -0.05) is 54.6 Å². The van der Waals surface area contributed by atoms with Crippen LogP contribution in [0.5, 0.6) is 0 Å². The molecule has 126 valence electrons. The van der Waals surface area contributed by atoms with Crippen molar-refractivity contribution >= 4 is 5.91 Å². The van der Waals surface area contributed by atoms with Gasteiger partial charge in [-0.15, -0.1) is 0 Å². The van der Waals surface area contributed by atoms with E-state index >= 15 is 0 Å². The molecule has 0 bridgehead atoms. The quantitative estimate of drug-likeness (QED) is 0.735. The summed E-state index contributed by atoms with van der Waals surface area (Å²) >= 11 is 0. The molecule has 2 heterocycles. The van der Waals surface area contributed by atoms with Crippen LogP contribution >= 0.6 is 0 Å². The molecule has 0 radical (unpaired) electrons. The smallest absolute Gasteiger partial charge is 0.247 e. The van der Waals surface area contributed by atoms with Crippen molar-refractivity contribution in [2.75, 3.05) is 6.54 Å². The fourth-order valence-corrected chi connectivity index (χ4v) is 3.63. The maximum Gasteiger partial charge on any atom is 0.247 e. The molecular formula is C21H21N3O. The molecule has 3 aromatic rings. The number of carbonyl (C=O) groups excluding carboxylic acids is 1. The van der Waals surface area contributed by atoms with Crippen LogP contribution in [0.25, 0.3) is 0 Å². The van der Waals surface area contributed by atoms with Crippen molar-refractivity contribution in [3.8, 4) is 0 Å². The SMILES string of the molecule is C[C@H](C(=O)N1Cc2ccccc2[C@H](c2ccccc2)C1)n1cccn1. The molecule has 1 aromatic heterocycles. The molecule has 0 saturated carbocycles. The molecule has 0 spiro atoms. The molecule has 4 heteroatoms. The number of fused-ring (bicyclic) bond motifs is 1. The molecule has 1 amide bonds. The van der Waals surface area contributed by atoms with Crippen LogP contribution in [0.2, 0.25) is 0 Å². The Hall–Kier alpha value is -2.88. The van der Waals surface area contributed by atoms with Gasteiger partial charge in [0.15, 0.2) is 0 Å². The fourth-order valence-electron chi connectivity index (χ4n) is 3.63. The van der Waals surface area contributed by atoms with Gasteiger partial charge in [0.05, 0.1) is 0 Å². The third-order valence-corrected chi connectivity index (χ3v) is 4.99. The topological polar surface area (TPSA) is 38.1 Å². The van der Waals surface area contributed by atoms with Crippen LogP contribution in [-0.4, -0.2) is 27.1 Å². The number of benzene rings is 2. The van der Waals surface area contributed by atoms with Crippen LogP contribution in [0.4, 0.5) is 0 Å². The van der Waals surface area contributed by atoms with E-state index in [0.29, 0.717) is 13.1 Å². The maximum atomic E-state index is 13.0. The fraction of sp³-hybridized carbons (Fsp3) is 0.238. The first-order chi connectivity index (χ1) is 12.2. The number of hydrogen-bond donors (Lipinski definition) is 0. The third-order valence-electron chi connectivity index (χ3n) is 4.99. The second-order valence-corrected chi connectivity index (χ2v) is 6.54. The molecule has 2 aromatic carbocycles. The number of hydrogen-bond acceptors (Lipinski definition) is 2. The number of aromatic nitrogens is 2. The highest BCUT2D eigenvalue weighted by atomic mass is 16.2. The van der Waals surface area contributed by atoms with Crippen molar-refractivity contribution in [1.29, 1.82) is 0 Å². The average Bonchev–Trinajstić information content (AvgIpc) is 3.21. The molecule has 0 N–H and O–H groups in total. The van der Waals surface area contributed by atoms with Gasteiger partial charge in [0.25, 0.3) is 0 Å². The van der Waals surface area contributed by atoms with E-state index in [9.17, 15) is 4.79 Å². The lowest BCUT2D eigenvalue weighted by atomic mass is 9.84. The highest BCUT2D eigenvalue weighted by Crippen LogP contribution is 2.34. The zero-order valence-electron chi connectivity index (χ0n) is 14.2. The van der Waals surface area contributed by atoms with Crippen LogP contribution in [0, 0.1) is 0 Å². The Bertz CT molecular complexity index is 858. The van der Waals surface area contributed by atoms with E-state index in [1.54, 1.807) is 10.9 Å². The largest absolute Gasteiger partial charge is 0.336 e. The monoisotopic (exact) mass is 331 g/mol. The van der Waals surface area contributed by atoms with Crippen LogP contribution in [0.3, 0.4) is 0 Å². The average molecular weight is 331 g/mol. The molecule has 25 heavy (non-hydrogen) atoms. The Morgan fingerprint density at radius 2 is 1.84 bits per heavy atom. The van der Waals surface area contributed by atoms with Gasteiger partial charge in [0, 0.05) is 31.4 Å². The van der Waals surface area contributed by atoms with Crippen LogP contribution in [-0.2, 0) is 11.3 Å². The van der Waals surface area contributed by atoms with Crippen molar-refractivity contribution in [1.82, 2.24) is 14.7 Å². The molecule has 0 unspecified atom stereocenters. The third kappa shape index (κ3) is 2.95. The van der Waals surface area contributed by atoms with Crippen molar-refractivity contribution in [2.45, 2.75) is 25.4 Å². The molecule has 4 nitrogen and oxygen atoms in total. The summed E-state index contributed by atoms with van der Waals surface area (Å²) in [5.41, 5.74) is 3.80. The van der Waals surface area contributed by atoms with Crippen LogP contribution in [0.15, 0.2) is 73.1 Å². The van der Waals surface area contributed by atoms with Gasteiger partial charge in [-0.2, -0.15) is 5.10 Å². The summed E-state index contributed by atoms with van der Waals surface area (Å²) in [5.74, 6) is 0.319.